The maximum atomic E-state index is 12.5. The molecule has 2 aromatic carbocycles. The fourth-order valence-electron chi connectivity index (χ4n) is 7.25. The predicted octanol–water partition coefficient (Wildman–Crippen LogP) is 4.76. The van der Waals surface area contributed by atoms with Gasteiger partial charge in [0.2, 0.25) is 0 Å². The zero-order valence-electron chi connectivity index (χ0n) is 33.2. The lowest BCUT2D eigenvalue weighted by atomic mass is 9.91. The van der Waals surface area contributed by atoms with Crippen molar-refractivity contribution in [1.82, 2.24) is 26.3 Å². The molecule has 14 nitrogen and oxygen atoms in total. The van der Waals surface area contributed by atoms with Crippen LogP contribution in [0.1, 0.15) is 81.8 Å². The largest absolute Gasteiger partial charge is 0.490 e. The minimum absolute atomic E-state index is 0.00424. The minimum atomic E-state index is -1.76. The highest BCUT2D eigenvalue weighted by Gasteiger charge is 2.48. The van der Waals surface area contributed by atoms with E-state index in [-0.39, 0.29) is 24.7 Å². The third-order valence-electron chi connectivity index (χ3n) is 11.1. The summed E-state index contributed by atoms with van der Waals surface area (Å²) in [5.74, 6) is 1.84. The van der Waals surface area contributed by atoms with Crippen LogP contribution in [0.4, 0.5) is 9.59 Å². The molecule has 1 heterocycles. The van der Waals surface area contributed by atoms with Crippen molar-refractivity contribution in [2.75, 3.05) is 25.4 Å². The van der Waals surface area contributed by atoms with E-state index in [9.17, 15) is 30.0 Å². The van der Waals surface area contributed by atoms with E-state index in [1.807, 2.05) is 42.7 Å². The van der Waals surface area contributed by atoms with Crippen LogP contribution >= 0.6 is 23.4 Å². The van der Waals surface area contributed by atoms with Crippen molar-refractivity contribution in [3.05, 3.63) is 77.1 Å². The summed E-state index contributed by atoms with van der Waals surface area (Å²) in [6.07, 6.45) is 6.96. The fourth-order valence-corrected chi connectivity index (χ4v) is 8.40. The molecular formula is C43H58ClN5O9S. The van der Waals surface area contributed by atoms with Crippen molar-refractivity contribution in [1.29, 1.82) is 0 Å². The lowest BCUT2D eigenvalue weighted by molar-refractivity contribution is -0.113. The van der Waals surface area contributed by atoms with Gasteiger partial charge in [0.25, 0.3) is 0 Å². The molecule has 0 bridgehead atoms. The van der Waals surface area contributed by atoms with E-state index in [1.165, 1.54) is 0 Å². The molecule has 3 aliphatic carbocycles. The zero-order valence-corrected chi connectivity index (χ0v) is 34.8. The van der Waals surface area contributed by atoms with Gasteiger partial charge in [0.1, 0.15) is 24.1 Å². The SMILES string of the molecule is O=C(NCCCCCSc1ccc(Cl)c(COC2(c3cnccc3-c3ccccc3OC3CC3)CC2)c1)N[C@H]1CC[C@H](NC(=O)NC[C@H](O)[C@@H](O)[C@H](O)[C@H](O)CO)CC1. The lowest BCUT2D eigenvalue weighted by Crippen LogP contribution is -2.52. The van der Waals surface area contributed by atoms with E-state index in [2.05, 4.69) is 44.5 Å². The number of amides is 4. The van der Waals surface area contributed by atoms with E-state index in [0.29, 0.717) is 50.0 Å². The van der Waals surface area contributed by atoms with Gasteiger partial charge in [-0.05, 0) is 111 Å². The minimum Gasteiger partial charge on any atom is -0.490 e. The molecular weight excluding hydrogens is 798 g/mol. The number of pyridine rings is 1. The number of urea groups is 2. The Morgan fingerprint density at radius 3 is 2.24 bits per heavy atom. The van der Waals surface area contributed by atoms with Crippen LogP contribution in [-0.2, 0) is 16.9 Å². The van der Waals surface area contributed by atoms with Gasteiger partial charge in [0.05, 0.1) is 31.0 Å². The van der Waals surface area contributed by atoms with E-state index in [4.69, 9.17) is 26.2 Å². The molecule has 4 amide bonds. The number of carbonyl (C=O) groups is 2. The van der Waals surface area contributed by atoms with Gasteiger partial charge in [0, 0.05) is 58.6 Å². The number of unbranched alkanes of at least 4 members (excludes halogenated alkanes) is 2. The molecule has 0 radical (unpaired) electrons. The Balaban J connectivity index is 0.840. The number of thioether (sulfide) groups is 1. The van der Waals surface area contributed by atoms with Crippen LogP contribution in [0.25, 0.3) is 11.1 Å². The van der Waals surface area contributed by atoms with Crippen LogP contribution < -0.4 is 26.0 Å². The first-order chi connectivity index (χ1) is 28.5. The fraction of sp³-hybridized carbons (Fsp3) is 0.558. The second-order valence-corrected chi connectivity index (χ2v) is 17.4. The standard InChI is InChI=1S/C43H58ClN5O9S/c44-35-15-14-31(22-27(35)26-57-43(17-18-43)34-23-45-20-16-32(34)33-6-2-3-7-38(33)58-30-12-13-30)59-21-5-1-4-19-46-41(55)48-28-8-10-29(11-9-28)49-42(56)47-24-36(51)39(53)40(54)37(52)25-50/h2-3,6-7,14-16,20,22-23,28-30,36-37,39-40,50-54H,1,4-5,8-13,17-19,21,24-26H2,(H2,46,48,55)(H2,47,49,56)/t28-,29-,36-,37+,39+,40+/m0/s1. The zero-order chi connectivity index (χ0) is 41.8. The second kappa shape index (κ2) is 21.7. The number of aliphatic hydroxyl groups excluding tert-OH is 5. The molecule has 0 unspecified atom stereocenters. The van der Waals surface area contributed by atoms with Crippen molar-refractivity contribution in [3.8, 4) is 16.9 Å². The van der Waals surface area contributed by atoms with Gasteiger partial charge >= 0.3 is 12.1 Å². The summed E-state index contributed by atoms with van der Waals surface area (Å²) in [6, 6.07) is 15.5. The molecule has 0 saturated heterocycles. The summed E-state index contributed by atoms with van der Waals surface area (Å²) >= 11 is 8.45. The monoisotopic (exact) mass is 855 g/mol. The quantitative estimate of drug-likeness (QED) is 0.0497. The number of carbonyl (C=O) groups excluding carboxylic acids is 2. The molecule has 4 atom stereocenters. The van der Waals surface area contributed by atoms with Crippen LogP contribution in [-0.4, -0.2) is 111 Å². The van der Waals surface area contributed by atoms with Crippen molar-refractivity contribution in [2.45, 2.75) is 130 Å². The Kier molecular flexibility index (Phi) is 16.5. The van der Waals surface area contributed by atoms with Crippen LogP contribution in [0.3, 0.4) is 0 Å². The number of aromatic nitrogens is 1. The normalized spacial score (nSPS) is 20.4. The molecule has 0 spiro atoms. The molecule has 322 valence electrons. The van der Waals surface area contributed by atoms with Crippen LogP contribution in [0, 0.1) is 0 Å². The number of rotatable bonds is 22. The molecule has 6 rings (SSSR count). The number of benzene rings is 2. The molecule has 3 aromatic rings. The first kappa shape index (κ1) is 44.9. The number of hydrogen-bond acceptors (Lipinski definition) is 11. The molecule has 16 heteroatoms. The number of nitrogens with zero attached hydrogens (tertiary/aromatic N) is 1. The van der Waals surface area contributed by atoms with Gasteiger partial charge in [0.15, 0.2) is 0 Å². The van der Waals surface area contributed by atoms with E-state index in [0.717, 1.165) is 83.6 Å². The summed E-state index contributed by atoms with van der Waals surface area (Å²) in [5.41, 5.74) is 3.79. The summed E-state index contributed by atoms with van der Waals surface area (Å²) in [6.45, 7) is -0.167. The molecule has 1 aromatic heterocycles. The second-order valence-electron chi connectivity index (χ2n) is 15.8. The number of hydrogen-bond donors (Lipinski definition) is 9. The Morgan fingerprint density at radius 2 is 1.54 bits per heavy atom. The van der Waals surface area contributed by atoms with Crippen LogP contribution in [0.2, 0.25) is 5.02 Å². The van der Waals surface area contributed by atoms with Crippen LogP contribution in [0.5, 0.6) is 5.75 Å². The van der Waals surface area contributed by atoms with Crippen molar-refractivity contribution in [3.63, 3.8) is 0 Å². The summed E-state index contributed by atoms with van der Waals surface area (Å²) < 4.78 is 12.9. The molecule has 0 aliphatic heterocycles. The topological polar surface area (TPSA) is 215 Å². The maximum Gasteiger partial charge on any atom is 0.315 e. The molecule has 9 N–H and O–H groups in total. The van der Waals surface area contributed by atoms with Crippen molar-refractivity contribution in [2.24, 2.45) is 0 Å². The smallest absolute Gasteiger partial charge is 0.315 e. The van der Waals surface area contributed by atoms with Crippen molar-refractivity contribution >= 4 is 35.4 Å². The van der Waals surface area contributed by atoms with E-state index < -0.39 is 42.7 Å². The number of para-hydroxylation sites is 1. The number of halogens is 1. The first-order valence-electron chi connectivity index (χ1n) is 20.7. The Morgan fingerprint density at radius 1 is 0.847 bits per heavy atom. The number of nitrogens with one attached hydrogen (secondary N) is 4. The Hall–Kier alpha value is -3.67. The Labute approximate surface area is 354 Å². The Bertz CT molecular complexity index is 1830. The van der Waals surface area contributed by atoms with E-state index in [1.54, 1.807) is 11.8 Å². The first-order valence-corrected chi connectivity index (χ1v) is 22.1. The highest BCUT2D eigenvalue weighted by molar-refractivity contribution is 7.99. The summed E-state index contributed by atoms with van der Waals surface area (Å²) in [4.78, 5) is 30.4. The van der Waals surface area contributed by atoms with Gasteiger partial charge in [-0.15, -0.1) is 11.8 Å². The molecule has 59 heavy (non-hydrogen) atoms. The molecule has 3 saturated carbocycles. The highest BCUT2D eigenvalue weighted by atomic mass is 35.5. The predicted molar refractivity (Wildman–Crippen MR) is 225 cm³/mol. The summed E-state index contributed by atoms with van der Waals surface area (Å²) in [7, 11) is 0. The van der Waals surface area contributed by atoms with Gasteiger partial charge in [-0.2, -0.15) is 0 Å². The lowest BCUT2D eigenvalue weighted by Gasteiger charge is -2.30. The molecule has 3 aliphatic rings. The van der Waals surface area contributed by atoms with Gasteiger partial charge < -0.3 is 56.3 Å². The average Bonchev–Trinajstić information content (AvgIpc) is 4.20. The average molecular weight is 856 g/mol. The van der Waals surface area contributed by atoms with Gasteiger partial charge in [-0.1, -0.05) is 36.2 Å². The van der Waals surface area contributed by atoms with Crippen molar-refractivity contribution < 1.29 is 44.6 Å². The number of ether oxygens (including phenoxy) is 2. The van der Waals surface area contributed by atoms with Gasteiger partial charge in [-0.25, -0.2) is 9.59 Å². The maximum absolute atomic E-state index is 12.5. The third kappa shape index (κ3) is 13.2. The van der Waals surface area contributed by atoms with Crippen LogP contribution in [0.15, 0.2) is 65.8 Å². The highest BCUT2D eigenvalue weighted by Crippen LogP contribution is 2.53. The van der Waals surface area contributed by atoms with E-state index >= 15 is 0 Å². The number of aliphatic hydroxyl groups is 5. The third-order valence-corrected chi connectivity index (χ3v) is 12.6. The summed E-state index contributed by atoms with van der Waals surface area (Å²) in [5, 5.41) is 59.8. The van der Waals surface area contributed by atoms with Gasteiger partial charge in [-0.3, -0.25) is 4.98 Å². The molecule has 3 fully saturated rings.